The zero-order valence-corrected chi connectivity index (χ0v) is 7.65. The summed E-state index contributed by atoms with van der Waals surface area (Å²) in [5.41, 5.74) is 6.71. The molecule has 2 N–H and O–H groups in total. The first kappa shape index (κ1) is 9.51. The largest absolute Gasteiger partial charge is 0.469 e. The summed E-state index contributed by atoms with van der Waals surface area (Å²) in [5.74, 6) is -0.636. The summed E-state index contributed by atoms with van der Waals surface area (Å²) in [5, 5.41) is 0. The first-order valence-electron chi connectivity index (χ1n) is 3.94. The van der Waals surface area contributed by atoms with E-state index in [-0.39, 0.29) is 11.9 Å². The second-order valence-corrected chi connectivity index (χ2v) is 2.76. The van der Waals surface area contributed by atoms with Gasteiger partial charge in [0, 0.05) is 0 Å². The highest BCUT2D eigenvalue weighted by molar-refractivity contribution is 5.76. The summed E-state index contributed by atoms with van der Waals surface area (Å²) < 4.78 is 4.59. The number of carbonyl (C=O) groups is 1. The Balaban J connectivity index is 2.83. The van der Waals surface area contributed by atoms with E-state index in [0.29, 0.717) is 11.4 Å². The van der Waals surface area contributed by atoms with Gasteiger partial charge in [0.15, 0.2) is 0 Å². The van der Waals surface area contributed by atoms with Crippen molar-refractivity contribution in [1.82, 2.24) is 4.98 Å². The summed E-state index contributed by atoms with van der Waals surface area (Å²) in [6.45, 7) is 1.74. The quantitative estimate of drug-likeness (QED) is 0.688. The molecule has 70 valence electrons. The zero-order valence-electron chi connectivity index (χ0n) is 7.65. The Kier molecular flexibility index (Phi) is 2.84. The van der Waals surface area contributed by atoms with E-state index in [4.69, 9.17) is 5.73 Å². The molecule has 0 saturated heterocycles. The molecule has 0 aliphatic heterocycles. The Morgan fingerprint density at radius 1 is 1.62 bits per heavy atom. The van der Waals surface area contributed by atoms with E-state index in [9.17, 15) is 4.79 Å². The van der Waals surface area contributed by atoms with Crippen molar-refractivity contribution in [3.63, 3.8) is 0 Å². The van der Waals surface area contributed by atoms with E-state index in [2.05, 4.69) is 9.72 Å². The van der Waals surface area contributed by atoms with Gasteiger partial charge in [-0.15, -0.1) is 0 Å². The number of aromatic nitrogens is 1. The van der Waals surface area contributed by atoms with Gasteiger partial charge in [-0.3, -0.25) is 9.78 Å². The van der Waals surface area contributed by atoms with Crippen LogP contribution < -0.4 is 5.73 Å². The maximum Gasteiger partial charge on any atom is 0.314 e. The van der Waals surface area contributed by atoms with Gasteiger partial charge in [-0.1, -0.05) is 0 Å². The van der Waals surface area contributed by atoms with Crippen LogP contribution in [0.1, 0.15) is 18.5 Å². The predicted molar refractivity (Wildman–Crippen MR) is 49.1 cm³/mol. The van der Waals surface area contributed by atoms with Gasteiger partial charge < -0.3 is 10.5 Å². The molecule has 1 aromatic heterocycles. The van der Waals surface area contributed by atoms with Crippen molar-refractivity contribution in [2.45, 2.75) is 12.8 Å². The molecule has 0 unspecified atom stereocenters. The molecule has 13 heavy (non-hydrogen) atoms. The minimum Gasteiger partial charge on any atom is -0.469 e. The van der Waals surface area contributed by atoms with Crippen LogP contribution in [-0.4, -0.2) is 18.1 Å². The maximum absolute atomic E-state index is 11.1. The number of anilines is 1. The number of nitrogens with zero attached hydrogens (tertiary/aromatic N) is 1. The molecule has 0 spiro atoms. The summed E-state index contributed by atoms with van der Waals surface area (Å²) in [6.07, 6.45) is 1.52. The number of hydrogen-bond donors (Lipinski definition) is 1. The molecule has 0 aromatic carbocycles. The van der Waals surface area contributed by atoms with Crippen LogP contribution >= 0.6 is 0 Å². The maximum atomic E-state index is 11.1. The molecule has 1 aromatic rings. The molecule has 1 rings (SSSR count). The van der Waals surface area contributed by atoms with Crippen LogP contribution in [0.25, 0.3) is 0 Å². The van der Waals surface area contributed by atoms with Crippen molar-refractivity contribution < 1.29 is 9.53 Å². The van der Waals surface area contributed by atoms with Crippen molar-refractivity contribution >= 4 is 11.7 Å². The van der Waals surface area contributed by atoms with E-state index in [1.54, 1.807) is 19.1 Å². The highest BCUT2D eigenvalue weighted by Crippen LogP contribution is 2.14. The van der Waals surface area contributed by atoms with Gasteiger partial charge in [-0.05, 0) is 19.1 Å². The number of methoxy groups -OCH3 is 1. The molecule has 0 aliphatic carbocycles. The molecule has 0 saturated carbocycles. The zero-order chi connectivity index (χ0) is 9.84. The lowest BCUT2D eigenvalue weighted by Gasteiger charge is -2.07. The lowest BCUT2D eigenvalue weighted by Crippen LogP contribution is -2.12. The van der Waals surface area contributed by atoms with Crippen LogP contribution in [0.4, 0.5) is 5.69 Å². The lowest BCUT2D eigenvalue weighted by molar-refractivity contribution is -0.142. The highest BCUT2D eigenvalue weighted by atomic mass is 16.5. The van der Waals surface area contributed by atoms with Gasteiger partial charge >= 0.3 is 5.97 Å². The first-order chi connectivity index (χ1) is 6.15. The van der Waals surface area contributed by atoms with Crippen molar-refractivity contribution in [3.05, 3.63) is 24.0 Å². The number of pyridine rings is 1. The van der Waals surface area contributed by atoms with Crippen LogP contribution in [0.15, 0.2) is 18.3 Å². The molecule has 0 aliphatic rings. The van der Waals surface area contributed by atoms with E-state index >= 15 is 0 Å². The molecule has 1 heterocycles. The topological polar surface area (TPSA) is 65.2 Å². The second-order valence-electron chi connectivity index (χ2n) is 2.76. The van der Waals surface area contributed by atoms with Crippen LogP contribution in [0.3, 0.4) is 0 Å². The van der Waals surface area contributed by atoms with Gasteiger partial charge in [0.25, 0.3) is 0 Å². The summed E-state index contributed by atoms with van der Waals surface area (Å²) in [4.78, 5) is 15.1. The predicted octanol–water partition coefficient (Wildman–Crippen LogP) is 0.940. The Morgan fingerprint density at radius 2 is 2.31 bits per heavy atom. The van der Waals surface area contributed by atoms with E-state index in [1.807, 2.05) is 0 Å². The normalized spacial score (nSPS) is 12.2. The number of nitrogens with two attached hydrogens (primary N) is 1. The monoisotopic (exact) mass is 180 g/mol. The van der Waals surface area contributed by atoms with E-state index in [1.165, 1.54) is 13.3 Å². The van der Waals surface area contributed by atoms with E-state index in [0.717, 1.165) is 0 Å². The highest BCUT2D eigenvalue weighted by Gasteiger charge is 2.16. The van der Waals surface area contributed by atoms with Crippen molar-refractivity contribution in [2.75, 3.05) is 12.8 Å². The van der Waals surface area contributed by atoms with Crippen LogP contribution in [0.5, 0.6) is 0 Å². The van der Waals surface area contributed by atoms with Crippen molar-refractivity contribution in [2.24, 2.45) is 0 Å². The molecule has 0 amide bonds. The number of nitrogen functional groups attached to an aromatic ring is 1. The SMILES string of the molecule is COC(=O)[C@H](C)c1ccc(N)cn1. The fraction of sp³-hybridized carbons (Fsp3) is 0.333. The summed E-state index contributed by atoms with van der Waals surface area (Å²) in [6, 6.07) is 3.43. The molecule has 1 atom stereocenters. The molecule has 0 bridgehead atoms. The van der Waals surface area contributed by atoms with Gasteiger partial charge in [-0.2, -0.15) is 0 Å². The number of esters is 1. The number of hydrogen-bond acceptors (Lipinski definition) is 4. The van der Waals surface area contributed by atoms with Crippen molar-refractivity contribution in [3.8, 4) is 0 Å². The Morgan fingerprint density at radius 3 is 2.77 bits per heavy atom. The fourth-order valence-corrected chi connectivity index (χ4v) is 0.970. The van der Waals surface area contributed by atoms with Crippen LogP contribution in [-0.2, 0) is 9.53 Å². The molecular weight excluding hydrogens is 168 g/mol. The standard InChI is InChI=1S/C9H12N2O2/c1-6(9(12)13-2)8-4-3-7(10)5-11-8/h3-6H,10H2,1-2H3/t6-/m1/s1. The third-order valence-corrected chi connectivity index (χ3v) is 1.81. The third kappa shape index (κ3) is 2.18. The number of ether oxygens (including phenoxy) is 1. The number of rotatable bonds is 2. The Hall–Kier alpha value is -1.58. The average Bonchev–Trinajstić information content (AvgIpc) is 2.17. The Labute approximate surface area is 76.7 Å². The summed E-state index contributed by atoms with van der Waals surface area (Å²) >= 11 is 0. The van der Waals surface area contributed by atoms with Gasteiger partial charge in [0.1, 0.15) is 0 Å². The second kappa shape index (κ2) is 3.89. The van der Waals surface area contributed by atoms with Crippen molar-refractivity contribution in [1.29, 1.82) is 0 Å². The van der Waals surface area contributed by atoms with Crippen LogP contribution in [0.2, 0.25) is 0 Å². The number of carbonyl (C=O) groups excluding carboxylic acids is 1. The fourth-order valence-electron chi connectivity index (χ4n) is 0.970. The molecule has 4 nitrogen and oxygen atoms in total. The Bertz CT molecular complexity index is 295. The smallest absolute Gasteiger partial charge is 0.314 e. The lowest BCUT2D eigenvalue weighted by atomic mass is 10.1. The average molecular weight is 180 g/mol. The van der Waals surface area contributed by atoms with Gasteiger partial charge in [-0.25, -0.2) is 0 Å². The third-order valence-electron chi connectivity index (χ3n) is 1.81. The minimum atomic E-state index is -0.342. The van der Waals surface area contributed by atoms with Crippen LogP contribution in [0, 0.1) is 0 Å². The minimum absolute atomic E-state index is 0.294. The molecule has 4 heteroatoms. The molecule has 0 fully saturated rings. The van der Waals surface area contributed by atoms with Gasteiger partial charge in [0.05, 0.1) is 30.6 Å². The molecular formula is C9H12N2O2. The summed E-state index contributed by atoms with van der Waals surface area (Å²) in [7, 11) is 1.36. The molecule has 0 radical (unpaired) electrons. The van der Waals surface area contributed by atoms with Gasteiger partial charge in [0.2, 0.25) is 0 Å². The van der Waals surface area contributed by atoms with E-state index < -0.39 is 0 Å². The first-order valence-corrected chi connectivity index (χ1v) is 3.94.